The van der Waals surface area contributed by atoms with E-state index in [0.717, 1.165) is 37.8 Å². The molecule has 21 heavy (non-hydrogen) atoms. The van der Waals surface area contributed by atoms with Gasteiger partial charge in [-0.2, -0.15) is 8.70 Å². The summed E-state index contributed by atoms with van der Waals surface area (Å²) in [5.74, 6) is -1.03. The van der Waals surface area contributed by atoms with Crippen molar-refractivity contribution in [1.82, 2.24) is 4.31 Å². The molecule has 1 aromatic carbocycles. The lowest BCUT2D eigenvalue weighted by Crippen LogP contribution is -2.35. The molecule has 2 rings (SSSR count). The molecule has 1 aromatic rings. The van der Waals surface area contributed by atoms with E-state index in [1.54, 1.807) is 0 Å². The van der Waals surface area contributed by atoms with Crippen LogP contribution in [0.3, 0.4) is 0 Å². The smallest absolute Gasteiger partial charge is 0.258 e. The number of sulfonamides is 1. The van der Waals surface area contributed by atoms with E-state index < -0.39 is 26.5 Å². The monoisotopic (exact) mass is 316 g/mol. The van der Waals surface area contributed by atoms with Crippen LogP contribution in [0.5, 0.6) is 0 Å². The molecule has 8 heteroatoms. The first kappa shape index (κ1) is 15.8. The molecule has 0 aromatic heterocycles. The molecule has 116 valence electrons. The van der Waals surface area contributed by atoms with E-state index in [1.807, 2.05) is 0 Å². The van der Waals surface area contributed by atoms with E-state index in [-0.39, 0.29) is 16.5 Å². The predicted molar refractivity (Wildman–Crippen MR) is 75.0 cm³/mol. The van der Waals surface area contributed by atoms with Crippen LogP contribution in [0.2, 0.25) is 0 Å². The molecule has 0 N–H and O–H groups in total. The standard InChI is InChI=1S/C13H17FN2O4S/c1-9-7-11(14)12(16(17)18)8-13(9)21(19,20)15(2)10-5-3-4-6-10/h7-8,10H,3-6H2,1-2H3. The van der Waals surface area contributed by atoms with Gasteiger partial charge in [-0.25, -0.2) is 8.42 Å². The molecular weight excluding hydrogens is 299 g/mol. The van der Waals surface area contributed by atoms with E-state index >= 15 is 0 Å². The zero-order chi connectivity index (χ0) is 15.8. The van der Waals surface area contributed by atoms with Crippen molar-refractivity contribution in [2.75, 3.05) is 7.05 Å². The van der Waals surface area contributed by atoms with Crippen LogP contribution in [0, 0.1) is 22.9 Å². The van der Waals surface area contributed by atoms with E-state index in [2.05, 4.69) is 0 Å². The van der Waals surface area contributed by atoms with Gasteiger partial charge in [0.25, 0.3) is 0 Å². The van der Waals surface area contributed by atoms with Crippen LogP contribution >= 0.6 is 0 Å². The zero-order valence-electron chi connectivity index (χ0n) is 11.9. The minimum atomic E-state index is -3.86. The fraction of sp³-hybridized carbons (Fsp3) is 0.538. The number of hydrogen-bond donors (Lipinski definition) is 0. The lowest BCUT2D eigenvalue weighted by Gasteiger charge is -2.24. The van der Waals surface area contributed by atoms with Crippen LogP contribution in [0.1, 0.15) is 31.2 Å². The Morgan fingerprint density at radius 3 is 2.43 bits per heavy atom. The number of benzene rings is 1. The van der Waals surface area contributed by atoms with Crippen LogP contribution in [0.4, 0.5) is 10.1 Å². The molecule has 0 heterocycles. The van der Waals surface area contributed by atoms with E-state index in [0.29, 0.717) is 0 Å². The van der Waals surface area contributed by atoms with Gasteiger partial charge in [-0.15, -0.1) is 0 Å². The molecule has 6 nitrogen and oxygen atoms in total. The molecule has 1 saturated carbocycles. The normalized spacial score (nSPS) is 16.6. The van der Waals surface area contributed by atoms with Crippen molar-refractivity contribution >= 4 is 15.7 Å². The van der Waals surface area contributed by atoms with E-state index in [1.165, 1.54) is 18.3 Å². The van der Waals surface area contributed by atoms with Crippen molar-refractivity contribution in [2.24, 2.45) is 0 Å². The van der Waals surface area contributed by atoms with Crippen LogP contribution in [-0.4, -0.2) is 30.7 Å². The fourth-order valence-electron chi connectivity index (χ4n) is 2.68. The van der Waals surface area contributed by atoms with Gasteiger partial charge in [0.2, 0.25) is 15.8 Å². The number of aryl methyl sites for hydroxylation is 1. The Morgan fingerprint density at radius 1 is 1.33 bits per heavy atom. The summed E-state index contributed by atoms with van der Waals surface area (Å²) in [5.41, 5.74) is -0.651. The lowest BCUT2D eigenvalue weighted by atomic mass is 10.2. The van der Waals surface area contributed by atoms with Crippen LogP contribution in [0.15, 0.2) is 17.0 Å². The SMILES string of the molecule is Cc1cc(F)c([N+](=O)[O-])cc1S(=O)(=O)N(C)C1CCCC1. The number of nitro benzene ring substituents is 1. The van der Waals surface area contributed by atoms with Crippen molar-refractivity contribution in [3.05, 3.63) is 33.6 Å². The van der Waals surface area contributed by atoms with Gasteiger partial charge in [0.15, 0.2) is 0 Å². The van der Waals surface area contributed by atoms with Gasteiger partial charge in [-0.1, -0.05) is 12.8 Å². The number of rotatable bonds is 4. The highest BCUT2D eigenvalue weighted by Crippen LogP contribution is 2.31. The van der Waals surface area contributed by atoms with Crippen molar-refractivity contribution in [3.8, 4) is 0 Å². The second-order valence-electron chi connectivity index (χ2n) is 5.29. The van der Waals surface area contributed by atoms with Crippen molar-refractivity contribution in [2.45, 2.75) is 43.5 Å². The largest absolute Gasteiger partial charge is 0.306 e. The first-order valence-corrected chi connectivity index (χ1v) is 8.11. The Bertz CT molecular complexity index is 669. The van der Waals surface area contributed by atoms with Gasteiger partial charge in [0.1, 0.15) is 0 Å². The molecule has 0 amide bonds. The maximum Gasteiger partial charge on any atom is 0.306 e. The van der Waals surface area contributed by atoms with E-state index in [9.17, 15) is 22.9 Å². The molecule has 0 aliphatic heterocycles. The summed E-state index contributed by atoms with van der Waals surface area (Å²) in [6.07, 6.45) is 3.48. The molecule has 0 saturated heterocycles. The Labute approximate surface area is 122 Å². The van der Waals surface area contributed by atoms with Gasteiger partial charge in [-0.05, 0) is 31.4 Å². The molecule has 0 spiro atoms. The molecule has 0 unspecified atom stereocenters. The second-order valence-corrected chi connectivity index (χ2v) is 7.25. The van der Waals surface area contributed by atoms with Crippen molar-refractivity contribution in [1.29, 1.82) is 0 Å². The summed E-state index contributed by atoms with van der Waals surface area (Å²) in [6, 6.07) is 1.61. The topological polar surface area (TPSA) is 80.5 Å². The molecule has 1 fully saturated rings. The molecule has 0 atom stereocenters. The minimum Gasteiger partial charge on any atom is -0.258 e. The summed E-state index contributed by atoms with van der Waals surface area (Å²) in [5, 5.41) is 10.8. The first-order chi connectivity index (χ1) is 9.75. The Hall–Kier alpha value is -1.54. The van der Waals surface area contributed by atoms with Crippen molar-refractivity contribution in [3.63, 3.8) is 0 Å². The Balaban J connectivity index is 2.48. The molecule has 1 aliphatic rings. The summed E-state index contributed by atoms with van der Waals surface area (Å²) in [7, 11) is -2.39. The quantitative estimate of drug-likeness (QED) is 0.631. The summed E-state index contributed by atoms with van der Waals surface area (Å²) in [4.78, 5) is 9.68. The number of hydrogen-bond acceptors (Lipinski definition) is 4. The maximum atomic E-state index is 13.5. The van der Waals surface area contributed by atoms with Gasteiger partial charge in [-0.3, -0.25) is 10.1 Å². The third kappa shape index (κ3) is 2.91. The summed E-state index contributed by atoms with van der Waals surface area (Å²) >= 11 is 0. The maximum absolute atomic E-state index is 13.5. The second kappa shape index (κ2) is 5.69. The highest BCUT2D eigenvalue weighted by molar-refractivity contribution is 7.89. The Morgan fingerprint density at radius 2 is 1.90 bits per heavy atom. The van der Waals surface area contributed by atoms with Crippen LogP contribution in [-0.2, 0) is 10.0 Å². The summed E-state index contributed by atoms with van der Waals surface area (Å²) < 4.78 is 40.0. The zero-order valence-corrected chi connectivity index (χ0v) is 12.7. The first-order valence-electron chi connectivity index (χ1n) is 6.67. The lowest BCUT2D eigenvalue weighted by molar-refractivity contribution is -0.387. The Kier molecular flexibility index (Phi) is 4.29. The third-order valence-electron chi connectivity index (χ3n) is 3.94. The molecule has 0 radical (unpaired) electrons. The minimum absolute atomic E-state index is 0.0986. The number of nitro groups is 1. The van der Waals surface area contributed by atoms with Gasteiger partial charge < -0.3 is 0 Å². The molecule has 0 bridgehead atoms. The van der Waals surface area contributed by atoms with Gasteiger partial charge in [0.05, 0.1) is 9.82 Å². The summed E-state index contributed by atoms with van der Waals surface area (Å²) in [6.45, 7) is 1.43. The average Bonchev–Trinajstić information content (AvgIpc) is 2.90. The van der Waals surface area contributed by atoms with Gasteiger partial charge in [0, 0.05) is 19.2 Å². The van der Waals surface area contributed by atoms with Crippen LogP contribution < -0.4 is 0 Å². The molecule has 1 aliphatic carbocycles. The average molecular weight is 316 g/mol. The van der Waals surface area contributed by atoms with Gasteiger partial charge >= 0.3 is 5.69 Å². The highest BCUT2D eigenvalue weighted by Gasteiger charge is 2.33. The predicted octanol–water partition coefficient (Wildman–Crippen LogP) is 2.61. The van der Waals surface area contributed by atoms with Crippen LogP contribution in [0.25, 0.3) is 0 Å². The number of nitrogens with zero attached hydrogens (tertiary/aromatic N) is 2. The fourth-order valence-corrected chi connectivity index (χ4v) is 4.32. The van der Waals surface area contributed by atoms with Crippen molar-refractivity contribution < 1.29 is 17.7 Å². The third-order valence-corrected chi connectivity index (χ3v) is 5.99. The molecular formula is C13H17FN2O4S. The highest BCUT2D eigenvalue weighted by atomic mass is 32.2. The number of halogens is 1. The van der Waals surface area contributed by atoms with E-state index in [4.69, 9.17) is 0 Å².